The maximum absolute atomic E-state index is 6.94. The van der Waals surface area contributed by atoms with Crippen LogP contribution in [0.25, 0.3) is 10.9 Å². The molecule has 0 bridgehead atoms. The number of hydrogen-bond donors (Lipinski definition) is 0. The molecule has 1 aromatic heterocycles. The molecule has 156 valence electrons. The lowest BCUT2D eigenvalue weighted by Crippen LogP contribution is -2.42. The largest absolute Gasteiger partial charge is 0.410 e. The standard InChI is InChI=1S/C25H41NOSi/c1-8-9-10-11-12-13-18-24(27-28(6,7)25(3,4)5)22-19-21-16-14-15-17-23(21)26-20(22)2/h14-17,19,24H,8-13,18H2,1-7H3. The van der Waals surface area contributed by atoms with E-state index in [9.17, 15) is 0 Å². The predicted molar refractivity (Wildman–Crippen MR) is 125 cm³/mol. The lowest BCUT2D eigenvalue weighted by atomic mass is 9.99. The summed E-state index contributed by atoms with van der Waals surface area (Å²) in [4.78, 5) is 4.89. The zero-order valence-electron chi connectivity index (χ0n) is 19.3. The number of unbranched alkanes of at least 4 members (excludes halogenated alkanes) is 5. The molecule has 0 amide bonds. The van der Waals surface area contributed by atoms with Gasteiger partial charge in [-0.1, -0.05) is 84.4 Å². The number of aromatic nitrogens is 1. The highest BCUT2D eigenvalue weighted by Crippen LogP contribution is 2.41. The SMILES string of the molecule is CCCCCCCCC(O[Si](C)(C)C(C)(C)C)c1cc2ccccc2nc1C. The Balaban J connectivity index is 2.23. The van der Waals surface area contributed by atoms with Crippen LogP contribution >= 0.6 is 0 Å². The quantitative estimate of drug-likeness (QED) is 0.296. The summed E-state index contributed by atoms with van der Waals surface area (Å²) >= 11 is 0. The van der Waals surface area contributed by atoms with Crippen molar-refractivity contribution in [1.82, 2.24) is 4.98 Å². The minimum Gasteiger partial charge on any atom is -0.410 e. The first-order valence-corrected chi connectivity index (χ1v) is 14.1. The van der Waals surface area contributed by atoms with Crippen molar-refractivity contribution in [2.75, 3.05) is 0 Å². The molecule has 0 saturated carbocycles. The summed E-state index contributed by atoms with van der Waals surface area (Å²) in [5, 5.41) is 1.43. The Bertz CT molecular complexity index is 748. The number of para-hydroxylation sites is 1. The first-order valence-electron chi connectivity index (χ1n) is 11.2. The van der Waals surface area contributed by atoms with Gasteiger partial charge < -0.3 is 4.43 Å². The van der Waals surface area contributed by atoms with Crippen LogP contribution < -0.4 is 0 Å². The van der Waals surface area contributed by atoms with Crippen LogP contribution in [0.1, 0.15) is 90.0 Å². The van der Waals surface area contributed by atoms with Crippen molar-refractivity contribution in [1.29, 1.82) is 0 Å². The number of fused-ring (bicyclic) bond motifs is 1. The van der Waals surface area contributed by atoms with Gasteiger partial charge in [0.15, 0.2) is 8.32 Å². The summed E-state index contributed by atoms with van der Waals surface area (Å²) in [6, 6.07) is 10.8. The molecule has 1 atom stereocenters. The Morgan fingerprint density at radius 2 is 1.64 bits per heavy atom. The zero-order valence-corrected chi connectivity index (χ0v) is 20.3. The van der Waals surface area contributed by atoms with Crippen LogP contribution in [0.3, 0.4) is 0 Å². The summed E-state index contributed by atoms with van der Waals surface area (Å²) < 4.78 is 6.94. The van der Waals surface area contributed by atoms with Crippen molar-refractivity contribution < 1.29 is 4.43 Å². The highest BCUT2D eigenvalue weighted by atomic mass is 28.4. The highest BCUT2D eigenvalue weighted by molar-refractivity contribution is 6.74. The molecule has 0 aliphatic carbocycles. The molecule has 2 nitrogen and oxygen atoms in total. The third-order valence-corrected chi connectivity index (χ3v) is 10.8. The first-order chi connectivity index (χ1) is 13.2. The van der Waals surface area contributed by atoms with Gasteiger partial charge in [0.05, 0.1) is 11.6 Å². The highest BCUT2D eigenvalue weighted by Gasteiger charge is 2.39. The smallest absolute Gasteiger partial charge is 0.192 e. The van der Waals surface area contributed by atoms with E-state index in [1.807, 2.05) is 0 Å². The van der Waals surface area contributed by atoms with Gasteiger partial charge >= 0.3 is 0 Å². The Hall–Kier alpha value is -1.19. The predicted octanol–water partition coefficient (Wildman–Crippen LogP) is 8.36. The van der Waals surface area contributed by atoms with Gasteiger partial charge in [0, 0.05) is 16.6 Å². The van der Waals surface area contributed by atoms with Crippen molar-refractivity contribution in [3.8, 4) is 0 Å². The van der Waals surface area contributed by atoms with Crippen LogP contribution in [-0.4, -0.2) is 13.3 Å². The minimum atomic E-state index is -1.85. The molecular weight excluding hydrogens is 358 g/mol. The van der Waals surface area contributed by atoms with Crippen LogP contribution in [0.2, 0.25) is 18.1 Å². The van der Waals surface area contributed by atoms with Gasteiger partial charge in [0.2, 0.25) is 0 Å². The van der Waals surface area contributed by atoms with E-state index in [0.717, 1.165) is 17.6 Å². The minimum absolute atomic E-state index is 0.157. The van der Waals surface area contributed by atoms with Crippen LogP contribution in [-0.2, 0) is 4.43 Å². The average Bonchev–Trinajstić information content (AvgIpc) is 2.62. The molecule has 1 aromatic carbocycles. The van der Waals surface area contributed by atoms with Crippen LogP contribution in [0.4, 0.5) is 0 Å². The van der Waals surface area contributed by atoms with E-state index in [1.165, 1.54) is 49.5 Å². The number of benzene rings is 1. The lowest BCUT2D eigenvalue weighted by Gasteiger charge is -2.39. The number of nitrogens with zero attached hydrogens (tertiary/aromatic N) is 1. The molecule has 0 aliphatic rings. The number of hydrogen-bond acceptors (Lipinski definition) is 2. The lowest BCUT2D eigenvalue weighted by molar-refractivity contribution is 0.168. The number of rotatable bonds is 10. The fourth-order valence-electron chi connectivity index (χ4n) is 3.47. The van der Waals surface area contributed by atoms with Crippen LogP contribution in [0.5, 0.6) is 0 Å². The van der Waals surface area contributed by atoms with Crippen molar-refractivity contribution in [3.63, 3.8) is 0 Å². The summed E-state index contributed by atoms with van der Waals surface area (Å²) in [7, 11) is -1.85. The molecule has 1 heterocycles. The third kappa shape index (κ3) is 6.15. The van der Waals surface area contributed by atoms with E-state index in [-0.39, 0.29) is 11.1 Å². The van der Waals surface area contributed by atoms with Gasteiger partial charge in [-0.3, -0.25) is 4.98 Å². The Morgan fingerprint density at radius 1 is 1.00 bits per heavy atom. The molecule has 0 saturated heterocycles. The van der Waals surface area contributed by atoms with Crippen molar-refractivity contribution in [2.45, 2.75) is 104 Å². The summed E-state index contributed by atoms with van der Waals surface area (Å²) in [6.07, 6.45) is 9.16. The number of pyridine rings is 1. The fourth-order valence-corrected chi connectivity index (χ4v) is 4.78. The molecule has 0 radical (unpaired) electrons. The van der Waals surface area contributed by atoms with Gasteiger partial charge in [-0.05, 0) is 43.6 Å². The summed E-state index contributed by atoms with van der Waals surface area (Å²) in [5.74, 6) is 0. The first kappa shape index (κ1) is 23.1. The Labute approximate surface area is 174 Å². The van der Waals surface area contributed by atoms with Crippen LogP contribution in [0, 0.1) is 6.92 Å². The van der Waals surface area contributed by atoms with E-state index in [0.29, 0.717) is 0 Å². The molecule has 28 heavy (non-hydrogen) atoms. The Morgan fingerprint density at radius 3 is 2.32 bits per heavy atom. The van der Waals surface area contributed by atoms with Gasteiger partial charge in [0.1, 0.15) is 0 Å². The molecule has 0 fully saturated rings. The van der Waals surface area contributed by atoms with Crippen molar-refractivity contribution >= 4 is 19.2 Å². The number of aryl methyl sites for hydroxylation is 1. The molecule has 2 rings (SSSR count). The topological polar surface area (TPSA) is 22.1 Å². The van der Waals surface area contributed by atoms with E-state index in [1.54, 1.807) is 0 Å². The maximum Gasteiger partial charge on any atom is 0.192 e. The van der Waals surface area contributed by atoms with E-state index >= 15 is 0 Å². The second-order valence-electron chi connectivity index (χ2n) is 9.78. The Kier molecular flexibility index (Phi) is 8.26. The van der Waals surface area contributed by atoms with Crippen molar-refractivity contribution in [3.05, 3.63) is 41.6 Å². The zero-order chi connectivity index (χ0) is 20.8. The monoisotopic (exact) mass is 399 g/mol. The molecule has 0 spiro atoms. The van der Waals surface area contributed by atoms with E-state index < -0.39 is 8.32 Å². The van der Waals surface area contributed by atoms with E-state index in [4.69, 9.17) is 9.41 Å². The van der Waals surface area contributed by atoms with Crippen molar-refractivity contribution in [2.24, 2.45) is 0 Å². The third-order valence-electron chi connectivity index (χ3n) is 6.36. The average molecular weight is 400 g/mol. The van der Waals surface area contributed by atoms with Crippen LogP contribution in [0.15, 0.2) is 30.3 Å². The second kappa shape index (κ2) is 10.0. The second-order valence-corrected chi connectivity index (χ2v) is 14.5. The fraction of sp³-hybridized carbons (Fsp3) is 0.640. The maximum atomic E-state index is 6.94. The summed E-state index contributed by atoms with van der Waals surface area (Å²) in [6.45, 7) is 16.1. The molecule has 3 heteroatoms. The molecule has 1 unspecified atom stereocenters. The normalized spacial score (nSPS) is 13.8. The molecule has 0 N–H and O–H groups in total. The van der Waals surface area contributed by atoms with Gasteiger partial charge in [-0.2, -0.15) is 0 Å². The summed E-state index contributed by atoms with van der Waals surface area (Å²) in [5.41, 5.74) is 3.49. The molecular formula is C25H41NOSi. The molecule has 0 aliphatic heterocycles. The molecule has 2 aromatic rings. The van der Waals surface area contributed by atoms with E-state index in [2.05, 4.69) is 78.0 Å². The van der Waals surface area contributed by atoms with Gasteiger partial charge in [0.25, 0.3) is 0 Å². The van der Waals surface area contributed by atoms with Gasteiger partial charge in [-0.25, -0.2) is 0 Å². The van der Waals surface area contributed by atoms with Gasteiger partial charge in [-0.15, -0.1) is 0 Å².